The predicted molar refractivity (Wildman–Crippen MR) is 74.8 cm³/mol. The third kappa shape index (κ3) is 3.78. The second-order valence-electron chi connectivity index (χ2n) is 5.15. The van der Waals surface area contributed by atoms with E-state index in [0.717, 1.165) is 10.7 Å². The Kier molecular flexibility index (Phi) is 3.91. The summed E-state index contributed by atoms with van der Waals surface area (Å²) >= 11 is 1.58. The highest BCUT2D eigenvalue weighted by atomic mass is 32.2. The summed E-state index contributed by atoms with van der Waals surface area (Å²) in [6.45, 7) is 7.74. The molecule has 0 atom stereocenters. The third-order valence-corrected chi connectivity index (χ3v) is 3.36. The van der Waals surface area contributed by atoms with Crippen LogP contribution in [0.2, 0.25) is 0 Å². The molecule has 5 nitrogen and oxygen atoms in total. The van der Waals surface area contributed by atoms with Crippen LogP contribution in [0.25, 0.3) is 0 Å². The number of hydrogen-bond donors (Lipinski definition) is 1. The zero-order valence-electron chi connectivity index (χ0n) is 11.6. The second kappa shape index (κ2) is 5.30. The van der Waals surface area contributed by atoms with Gasteiger partial charge in [-0.3, -0.25) is 0 Å². The van der Waals surface area contributed by atoms with Gasteiger partial charge in [0.15, 0.2) is 5.82 Å². The maximum Gasteiger partial charge on any atom is 0.237 e. The van der Waals surface area contributed by atoms with Gasteiger partial charge in [0.2, 0.25) is 5.89 Å². The molecule has 0 fully saturated rings. The molecule has 0 aliphatic heterocycles. The van der Waals surface area contributed by atoms with Crippen LogP contribution >= 0.6 is 11.8 Å². The van der Waals surface area contributed by atoms with Gasteiger partial charge in [-0.2, -0.15) is 4.98 Å². The predicted octanol–water partition coefficient (Wildman–Crippen LogP) is 2.57. The number of thioether (sulfide) groups is 1. The number of aryl methyl sites for hydroxylation is 2. The van der Waals surface area contributed by atoms with Gasteiger partial charge >= 0.3 is 0 Å². The molecule has 2 aromatic rings. The summed E-state index contributed by atoms with van der Waals surface area (Å²) < 4.78 is 5.18. The maximum atomic E-state index is 5.91. The van der Waals surface area contributed by atoms with E-state index in [-0.39, 0.29) is 0 Å². The molecule has 0 spiro atoms. The molecule has 0 aliphatic carbocycles. The Labute approximate surface area is 117 Å². The molecule has 0 saturated heterocycles. The van der Waals surface area contributed by atoms with Gasteiger partial charge in [-0.25, -0.2) is 4.98 Å². The van der Waals surface area contributed by atoms with E-state index in [1.165, 1.54) is 5.56 Å². The first-order chi connectivity index (χ1) is 8.84. The van der Waals surface area contributed by atoms with Crippen LogP contribution in [0.15, 0.2) is 21.7 Å². The van der Waals surface area contributed by atoms with E-state index in [1.54, 1.807) is 11.8 Å². The van der Waals surface area contributed by atoms with Crippen molar-refractivity contribution in [2.45, 2.75) is 44.0 Å². The molecular weight excluding hydrogens is 260 g/mol. The van der Waals surface area contributed by atoms with Crippen LogP contribution in [0.1, 0.15) is 36.8 Å². The zero-order valence-corrected chi connectivity index (χ0v) is 12.4. The van der Waals surface area contributed by atoms with E-state index < -0.39 is 5.54 Å². The standard InChI is InChI=1S/C13H18N4OS/c1-8-5-9(2)15-11(6-8)19-7-10-16-12(17-18-10)13(3,4)14/h5-6H,7,14H2,1-4H3. The molecule has 0 unspecified atom stereocenters. The summed E-state index contributed by atoms with van der Waals surface area (Å²) in [6.07, 6.45) is 0. The first kappa shape index (κ1) is 14.0. The first-order valence-electron chi connectivity index (χ1n) is 6.04. The van der Waals surface area contributed by atoms with Crippen molar-refractivity contribution in [1.82, 2.24) is 15.1 Å². The number of pyridine rings is 1. The Morgan fingerprint density at radius 2 is 2.00 bits per heavy atom. The molecule has 0 radical (unpaired) electrons. The number of rotatable bonds is 4. The average molecular weight is 278 g/mol. The van der Waals surface area contributed by atoms with Crippen LogP contribution in [0.3, 0.4) is 0 Å². The number of nitrogens with zero attached hydrogens (tertiary/aromatic N) is 3. The summed E-state index contributed by atoms with van der Waals surface area (Å²) in [5.41, 5.74) is 7.54. The minimum absolute atomic E-state index is 0.525. The number of nitrogens with two attached hydrogens (primary N) is 1. The van der Waals surface area contributed by atoms with Crippen LogP contribution in [-0.2, 0) is 11.3 Å². The Hall–Kier alpha value is -1.40. The smallest absolute Gasteiger partial charge is 0.237 e. The molecule has 0 aromatic carbocycles. The Bertz CT molecular complexity index is 554. The molecule has 2 rings (SSSR count). The van der Waals surface area contributed by atoms with Gasteiger partial charge in [0.05, 0.1) is 16.3 Å². The molecule has 19 heavy (non-hydrogen) atoms. The molecule has 2 heterocycles. The molecule has 102 valence electrons. The monoisotopic (exact) mass is 278 g/mol. The van der Waals surface area contributed by atoms with Crippen LogP contribution in [0.5, 0.6) is 0 Å². The van der Waals surface area contributed by atoms with Gasteiger partial charge in [-0.15, -0.1) is 0 Å². The second-order valence-corrected chi connectivity index (χ2v) is 6.14. The van der Waals surface area contributed by atoms with Gasteiger partial charge < -0.3 is 10.3 Å². The van der Waals surface area contributed by atoms with Crippen molar-refractivity contribution in [3.05, 3.63) is 35.1 Å². The molecular formula is C13H18N4OS. The van der Waals surface area contributed by atoms with Crippen molar-refractivity contribution in [3.8, 4) is 0 Å². The lowest BCUT2D eigenvalue weighted by atomic mass is 10.1. The van der Waals surface area contributed by atoms with E-state index in [9.17, 15) is 0 Å². The van der Waals surface area contributed by atoms with Gasteiger partial charge in [0.1, 0.15) is 0 Å². The fourth-order valence-electron chi connectivity index (χ4n) is 1.59. The van der Waals surface area contributed by atoms with Gasteiger partial charge in [-0.05, 0) is 45.4 Å². The third-order valence-electron chi connectivity index (χ3n) is 2.46. The molecule has 0 aliphatic rings. The highest BCUT2D eigenvalue weighted by Crippen LogP contribution is 2.22. The highest BCUT2D eigenvalue weighted by molar-refractivity contribution is 7.98. The molecule has 2 N–H and O–H groups in total. The summed E-state index contributed by atoms with van der Waals surface area (Å²) in [6, 6.07) is 4.09. The molecule has 0 amide bonds. The van der Waals surface area contributed by atoms with Crippen molar-refractivity contribution in [2.75, 3.05) is 0 Å². The molecule has 0 bridgehead atoms. The number of aromatic nitrogens is 3. The fraction of sp³-hybridized carbons (Fsp3) is 0.462. The topological polar surface area (TPSA) is 77.8 Å². The van der Waals surface area contributed by atoms with Gasteiger partial charge in [-0.1, -0.05) is 16.9 Å². The maximum absolute atomic E-state index is 5.91. The fourth-order valence-corrected chi connectivity index (χ4v) is 2.46. The minimum atomic E-state index is -0.579. The van der Waals surface area contributed by atoms with Crippen molar-refractivity contribution >= 4 is 11.8 Å². The van der Waals surface area contributed by atoms with Crippen molar-refractivity contribution in [3.63, 3.8) is 0 Å². The first-order valence-corrected chi connectivity index (χ1v) is 7.03. The van der Waals surface area contributed by atoms with Crippen molar-refractivity contribution in [1.29, 1.82) is 0 Å². The summed E-state index contributed by atoms with van der Waals surface area (Å²) in [5, 5.41) is 4.85. The average Bonchev–Trinajstić information content (AvgIpc) is 2.73. The SMILES string of the molecule is Cc1cc(C)nc(SCc2nc(C(C)(C)N)no2)c1. The summed E-state index contributed by atoms with van der Waals surface area (Å²) in [4.78, 5) is 8.74. The van der Waals surface area contributed by atoms with Crippen LogP contribution < -0.4 is 5.73 Å². The lowest BCUT2D eigenvalue weighted by Gasteiger charge is -2.11. The van der Waals surface area contributed by atoms with Gasteiger partial charge in [0, 0.05) is 5.69 Å². The van der Waals surface area contributed by atoms with Crippen LogP contribution in [0.4, 0.5) is 0 Å². The van der Waals surface area contributed by atoms with E-state index in [1.807, 2.05) is 32.9 Å². The minimum Gasteiger partial charge on any atom is -0.338 e. The lowest BCUT2D eigenvalue weighted by Crippen LogP contribution is -2.30. The Morgan fingerprint density at radius 1 is 1.26 bits per heavy atom. The van der Waals surface area contributed by atoms with E-state index >= 15 is 0 Å². The van der Waals surface area contributed by atoms with Crippen LogP contribution in [-0.4, -0.2) is 15.1 Å². The van der Waals surface area contributed by atoms with Crippen molar-refractivity contribution < 1.29 is 4.52 Å². The summed E-state index contributed by atoms with van der Waals surface area (Å²) in [5.74, 6) is 1.69. The zero-order chi connectivity index (χ0) is 14.0. The quantitative estimate of drug-likeness (QED) is 0.866. The Balaban J connectivity index is 2.04. The van der Waals surface area contributed by atoms with Crippen LogP contribution in [0, 0.1) is 13.8 Å². The molecule has 2 aromatic heterocycles. The highest BCUT2D eigenvalue weighted by Gasteiger charge is 2.21. The Morgan fingerprint density at radius 3 is 2.58 bits per heavy atom. The van der Waals surface area contributed by atoms with E-state index in [0.29, 0.717) is 17.5 Å². The normalized spacial score (nSPS) is 11.8. The van der Waals surface area contributed by atoms with E-state index in [4.69, 9.17) is 10.3 Å². The van der Waals surface area contributed by atoms with E-state index in [2.05, 4.69) is 22.0 Å². The number of hydrogen-bond acceptors (Lipinski definition) is 6. The van der Waals surface area contributed by atoms with Gasteiger partial charge in [0.25, 0.3) is 0 Å². The largest absolute Gasteiger partial charge is 0.338 e. The lowest BCUT2D eigenvalue weighted by molar-refractivity contribution is 0.370. The van der Waals surface area contributed by atoms with Crippen molar-refractivity contribution in [2.24, 2.45) is 5.73 Å². The molecule has 0 saturated carbocycles. The summed E-state index contributed by atoms with van der Waals surface area (Å²) in [7, 11) is 0. The molecule has 6 heteroatoms.